The molecule has 6 nitrogen and oxygen atoms in total. The maximum Gasteiger partial charge on any atom is 0.241 e. The van der Waals surface area contributed by atoms with Crippen LogP contribution in [0, 0.1) is 13.8 Å². The minimum atomic E-state index is -0.0686. The highest BCUT2D eigenvalue weighted by molar-refractivity contribution is 14.0. The molecule has 0 aliphatic rings. The largest absolute Gasteiger partial charge is 0.357 e. The van der Waals surface area contributed by atoms with Gasteiger partial charge in [0.15, 0.2) is 5.96 Å². The molecule has 0 saturated heterocycles. The van der Waals surface area contributed by atoms with Crippen molar-refractivity contribution in [1.82, 2.24) is 20.9 Å². The SMILES string of the molecule is CCNC(=O)CN=C(NCC)NCCc1nc(C)c(C)s1.I. The molecular formula is C14H26IN5OS. The Kier molecular flexibility index (Phi) is 11.2. The van der Waals surface area contributed by atoms with E-state index >= 15 is 0 Å². The van der Waals surface area contributed by atoms with E-state index in [0.29, 0.717) is 12.5 Å². The van der Waals surface area contributed by atoms with Gasteiger partial charge in [0.1, 0.15) is 6.54 Å². The van der Waals surface area contributed by atoms with E-state index in [1.807, 2.05) is 20.8 Å². The molecule has 126 valence electrons. The lowest BCUT2D eigenvalue weighted by molar-refractivity contribution is -0.119. The van der Waals surface area contributed by atoms with Crippen molar-refractivity contribution in [2.45, 2.75) is 34.1 Å². The van der Waals surface area contributed by atoms with Gasteiger partial charge in [-0.3, -0.25) is 4.79 Å². The summed E-state index contributed by atoms with van der Waals surface area (Å²) in [5.74, 6) is 0.592. The van der Waals surface area contributed by atoms with E-state index in [-0.39, 0.29) is 36.4 Å². The van der Waals surface area contributed by atoms with E-state index in [0.717, 1.165) is 30.2 Å². The highest BCUT2D eigenvalue weighted by Crippen LogP contribution is 2.16. The maximum absolute atomic E-state index is 11.4. The van der Waals surface area contributed by atoms with Gasteiger partial charge in [-0.25, -0.2) is 9.98 Å². The summed E-state index contributed by atoms with van der Waals surface area (Å²) in [6, 6.07) is 0. The van der Waals surface area contributed by atoms with Crippen molar-refractivity contribution >= 4 is 47.2 Å². The van der Waals surface area contributed by atoms with Crippen LogP contribution in [-0.2, 0) is 11.2 Å². The first kappa shape index (κ1) is 21.1. The van der Waals surface area contributed by atoms with E-state index in [1.165, 1.54) is 4.88 Å². The minimum absolute atomic E-state index is 0. The number of guanidine groups is 1. The lowest BCUT2D eigenvalue weighted by atomic mass is 10.4. The van der Waals surface area contributed by atoms with Crippen LogP contribution >= 0.6 is 35.3 Å². The van der Waals surface area contributed by atoms with Crippen LogP contribution in [0.3, 0.4) is 0 Å². The Balaban J connectivity index is 0.00000441. The summed E-state index contributed by atoms with van der Waals surface area (Å²) in [4.78, 5) is 21.4. The Morgan fingerprint density at radius 2 is 1.86 bits per heavy atom. The topological polar surface area (TPSA) is 78.4 Å². The summed E-state index contributed by atoms with van der Waals surface area (Å²) in [6.45, 7) is 10.3. The molecule has 3 N–H and O–H groups in total. The smallest absolute Gasteiger partial charge is 0.241 e. The number of likely N-dealkylation sites (N-methyl/N-ethyl adjacent to an activating group) is 1. The van der Waals surface area contributed by atoms with Crippen LogP contribution in [0.2, 0.25) is 0 Å². The van der Waals surface area contributed by atoms with Gasteiger partial charge in [0.05, 0.1) is 10.7 Å². The highest BCUT2D eigenvalue weighted by atomic mass is 127. The van der Waals surface area contributed by atoms with Crippen molar-refractivity contribution in [2.24, 2.45) is 4.99 Å². The van der Waals surface area contributed by atoms with Crippen LogP contribution in [-0.4, -0.2) is 43.0 Å². The zero-order valence-corrected chi connectivity index (χ0v) is 16.8. The lowest BCUT2D eigenvalue weighted by Gasteiger charge is -2.10. The van der Waals surface area contributed by atoms with Gasteiger partial charge in [0.2, 0.25) is 5.91 Å². The van der Waals surface area contributed by atoms with E-state index in [1.54, 1.807) is 11.3 Å². The first-order valence-electron chi connectivity index (χ1n) is 7.28. The fourth-order valence-electron chi connectivity index (χ4n) is 1.68. The van der Waals surface area contributed by atoms with E-state index in [9.17, 15) is 4.79 Å². The molecule has 1 aromatic heterocycles. The molecule has 22 heavy (non-hydrogen) atoms. The average molecular weight is 439 g/mol. The van der Waals surface area contributed by atoms with E-state index in [2.05, 4.69) is 32.9 Å². The Hall–Kier alpha value is -0.900. The molecule has 0 unspecified atom stereocenters. The number of thiazole rings is 1. The Morgan fingerprint density at radius 1 is 1.18 bits per heavy atom. The van der Waals surface area contributed by atoms with Crippen LogP contribution in [0.5, 0.6) is 0 Å². The second kappa shape index (κ2) is 11.6. The number of aryl methyl sites for hydroxylation is 2. The van der Waals surface area contributed by atoms with Gasteiger partial charge >= 0.3 is 0 Å². The monoisotopic (exact) mass is 439 g/mol. The number of nitrogens with zero attached hydrogens (tertiary/aromatic N) is 2. The van der Waals surface area contributed by atoms with Gasteiger partial charge in [0, 0.05) is 30.9 Å². The zero-order valence-electron chi connectivity index (χ0n) is 13.7. The molecule has 0 aliphatic carbocycles. The summed E-state index contributed by atoms with van der Waals surface area (Å²) in [5.41, 5.74) is 1.10. The summed E-state index contributed by atoms with van der Waals surface area (Å²) in [7, 11) is 0. The number of hydrogen-bond acceptors (Lipinski definition) is 4. The van der Waals surface area contributed by atoms with E-state index < -0.39 is 0 Å². The number of aliphatic imine (C=N–C) groups is 1. The molecule has 0 radical (unpaired) electrons. The third-order valence-electron chi connectivity index (χ3n) is 2.80. The molecule has 0 bridgehead atoms. The first-order valence-corrected chi connectivity index (χ1v) is 8.10. The van der Waals surface area contributed by atoms with Crippen molar-refractivity contribution in [2.75, 3.05) is 26.2 Å². The normalized spacial score (nSPS) is 10.8. The maximum atomic E-state index is 11.4. The van der Waals surface area contributed by atoms with Crippen molar-refractivity contribution in [3.8, 4) is 0 Å². The number of carbonyl (C=O) groups excluding carboxylic acids is 1. The third-order valence-corrected chi connectivity index (χ3v) is 3.94. The molecule has 1 rings (SSSR count). The lowest BCUT2D eigenvalue weighted by Crippen LogP contribution is -2.39. The van der Waals surface area contributed by atoms with Gasteiger partial charge in [-0.05, 0) is 27.7 Å². The molecule has 1 heterocycles. The Bertz CT molecular complexity index is 470. The second-order valence-electron chi connectivity index (χ2n) is 4.57. The van der Waals surface area contributed by atoms with Crippen LogP contribution < -0.4 is 16.0 Å². The highest BCUT2D eigenvalue weighted by Gasteiger charge is 2.04. The number of halogens is 1. The molecule has 1 amide bonds. The molecule has 0 atom stereocenters. The molecule has 0 aromatic carbocycles. The van der Waals surface area contributed by atoms with Gasteiger partial charge in [0.25, 0.3) is 0 Å². The van der Waals surface area contributed by atoms with E-state index in [4.69, 9.17) is 0 Å². The fraction of sp³-hybridized carbons (Fsp3) is 0.643. The molecule has 0 spiro atoms. The second-order valence-corrected chi connectivity index (χ2v) is 5.86. The van der Waals surface area contributed by atoms with Gasteiger partial charge < -0.3 is 16.0 Å². The quantitative estimate of drug-likeness (QED) is 0.343. The molecule has 1 aromatic rings. The van der Waals surface area contributed by atoms with Crippen LogP contribution in [0.4, 0.5) is 0 Å². The van der Waals surface area contributed by atoms with Crippen molar-refractivity contribution in [3.63, 3.8) is 0 Å². The molecule has 8 heteroatoms. The molecule has 0 saturated carbocycles. The van der Waals surface area contributed by atoms with Crippen LogP contribution in [0.15, 0.2) is 4.99 Å². The molecular weight excluding hydrogens is 413 g/mol. The number of nitrogens with one attached hydrogen (secondary N) is 3. The Labute approximate surface area is 153 Å². The predicted octanol–water partition coefficient (Wildman–Crippen LogP) is 1.61. The standard InChI is InChI=1S/C14H25N5OS.HI/c1-5-15-12(20)9-18-14(16-6-2)17-8-7-13-19-10(3)11(4)21-13;/h5-9H2,1-4H3,(H,15,20)(H2,16,17,18);1H. The Morgan fingerprint density at radius 3 is 2.41 bits per heavy atom. The van der Waals surface area contributed by atoms with Crippen LogP contribution in [0.25, 0.3) is 0 Å². The van der Waals surface area contributed by atoms with Crippen LogP contribution in [0.1, 0.15) is 29.4 Å². The fourth-order valence-corrected chi connectivity index (χ4v) is 2.61. The van der Waals surface area contributed by atoms with Crippen molar-refractivity contribution < 1.29 is 4.79 Å². The first-order chi connectivity index (χ1) is 10.1. The van der Waals surface area contributed by atoms with Crippen molar-refractivity contribution in [3.05, 3.63) is 15.6 Å². The third kappa shape index (κ3) is 7.92. The number of amides is 1. The average Bonchev–Trinajstić information content (AvgIpc) is 2.75. The summed E-state index contributed by atoms with van der Waals surface area (Å²) >= 11 is 1.73. The number of carbonyl (C=O) groups is 1. The van der Waals surface area contributed by atoms with Gasteiger partial charge in [-0.15, -0.1) is 35.3 Å². The predicted molar refractivity (Wildman–Crippen MR) is 103 cm³/mol. The zero-order chi connectivity index (χ0) is 15.7. The van der Waals surface area contributed by atoms with Gasteiger partial charge in [-0.2, -0.15) is 0 Å². The van der Waals surface area contributed by atoms with Crippen molar-refractivity contribution in [1.29, 1.82) is 0 Å². The minimum Gasteiger partial charge on any atom is -0.357 e. The summed E-state index contributed by atoms with van der Waals surface area (Å²) < 4.78 is 0. The summed E-state index contributed by atoms with van der Waals surface area (Å²) in [6.07, 6.45) is 0.852. The number of rotatable bonds is 7. The summed E-state index contributed by atoms with van der Waals surface area (Å²) in [5, 5.41) is 10.2. The number of hydrogen-bond donors (Lipinski definition) is 3. The van der Waals surface area contributed by atoms with Gasteiger partial charge in [-0.1, -0.05) is 0 Å². The molecule has 0 fully saturated rings. The molecule has 0 aliphatic heterocycles. The number of aromatic nitrogens is 1.